The van der Waals surface area contributed by atoms with Crippen LogP contribution in [0.3, 0.4) is 0 Å². The lowest BCUT2D eigenvalue weighted by Gasteiger charge is -2.11. The lowest BCUT2D eigenvalue weighted by atomic mass is 9.99. The molecule has 4 rings (SSSR count). The number of nitrogens with two attached hydrogens (primary N) is 1. The molecule has 0 heterocycles. The third-order valence-corrected chi connectivity index (χ3v) is 6.59. The Labute approximate surface area is 214 Å². The zero-order valence-corrected chi connectivity index (χ0v) is 21.1. The number of carbonyl (C=O) groups excluding carboxylic acids is 2. The molecule has 3 aromatic carbocycles. The van der Waals surface area contributed by atoms with Crippen molar-refractivity contribution in [2.24, 2.45) is 5.73 Å². The van der Waals surface area contributed by atoms with Gasteiger partial charge in [-0.3, -0.25) is 10.1 Å². The first-order valence-electron chi connectivity index (χ1n) is 11.3. The number of hydrogen-bond donors (Lipinski definition) is 3. The molecule has 0 radical (unpaired) electrons. The molecular formula is C26H26ClN3O5S. The zero-order chi connectivity index (χ0) is 25.9. The van der Waals surface area contributed by atoms with Gasteiger partial charge in [-0.25, -0.2) is 17.9 Å². The fraction of sp³-hybridized carbons (Fsp3) is 0.231. The molecule has 0 aromatic heterocycles. The molecule has 0 saturated heterocycles. The van der Waals surface area contributed by atoms with Gasteiger partial charge in [0.2, 0.25) is 10.0 Å². The molecule has 4 N–H and O–H groups in total. The van der Waals surface area contributed by atoms with Gasteiger partial charge < -0.3 is 10.5 Å². The Morgan fingerprint density at radius 2 is 1.69 bits per heavy atom. The van der Waals surface area contributed by atoms with Crippen LogP contribution < -0.4 is 15.8 Å². The average molecular weight is 528 g/mol. The first-order valence-corrected chi connectivity index (χ1v) is 13.5. The third kappa shape index (κ3) is 6.84. The van der Waals surface area contributed by atoms with Crippen LogP contribution in [-0.4, -0.2) is 26.7 Å². The molecule has 1 fully saturated rings. The maximum absolute atomic E-state index is 12.4. The quantitative estimate of drug-likeness (QED) is 0.395. The Bertz CT molecular complexity index is 1400. The van der Waals surface area contributed by atoms with Gasteiger partial charge in [0.05, 0.1) is 6.26 Å². The molecule has 188 valence electrons. The molecule has 3 aromatic rings. The monoisotopic (exact) mass is 527 g/mol. The normalized spacial score (nSPS) is 16.8. The molecule has 1 saturated carbocycles. The van der Waals surface area contributed by atoms with Gasteiger partial charge in [0.15, 0.2) is 0 Å². The van der Waals surface area contributed by atoms with Crippen molar-refractivity contribution < 1.29 is 22.7 Å². The lowest BCUT2D eigenvalue weighted by molar-refractivity contribution is 0.0981. The van der Waals surface area contributed by atoms with E-state index >= 15 is 0 Å². The average Bonchev–Trinajstić information content (AvgIpc) is 3.63. The van der Waals surface area contributed by atoms with E-state index in [0.29, 0.717) is 10.7 Å². The number of hydrogen-bond acceptors (Lipinski definition) is 6. The van der Waals surface area contributed by atoms with Crippen molar-refractivity contribution in [1.29, 1.82) is 0 Å². The molecule has 8 nitrogen and oxygen atoms in total. The molecule has 1 aliphatic rings. The number of rotatable bonds is 8. The first kappa shape index (κ1) is 25.7. The van der Waals surface area contributed by atoms with Crippen LogP contribution >= 0.6 is 11.6 Å². The summed E-state index contributed by atoms with van der Waals surface area (Å²) in [4.78, 5) is 24.7. The van der Waals surface area contributed by atoms with E-state index in [4.69, 9.17) is 22.1 Å². The molecular weight excluding hydrogens is 502 g/mol. The summed E-state index contributed by atoms with van der Waals surface area (Å²) in [6, 6.07) is 19.9. The standard InChI is InChI=1S/C26H26ClN3O5S/c1-36(33,34)30-25(31)20-8-17(14-28)7-18(9-20)23-13-24(23)19-10-21(27)12-22(11-19)29-26(32)35-15-16-5-3-2-4-6-16/h2-12,23-24H,13-15,28H2,1H3,(H,29,32)(H,30,31)/t23-,24-/m0/s1. The Kier molecular flexibility index (Phi) is 7.63. The summed E-state index contributed by atoms with van der Waals surface area (Å²) in [5.41, 5.74) is 9.99. The lowest BCUT2D eigenvalue weighted by Crippen LogP contribution is -2.29. The summed E-state index contributed by atoms with van der Waals surface area (Å²) in [5, 5.41) is 3.20. The number of halogens is 1. The van der Waals surface area contributed by atoms with Gasteiger partial charge >= 0.3 is 6.09 Å². The van der Waals surface area contributed by atoms with E-state index in [1.165, 1.54) is 0 Å². The molecule has 0 bridgehead atoms. The number of amides is 2. The van der Waals surface area contributed by atoms with Gasteiger partial charge in [-0.2, -0.15) is 0 Å². The molecule has 36 heavy (non-hydrogen) atoms. The summed E-state index contributed by atoms with van der Waals surface area (Å²) < 4.78 is 30.2. The van der Waals surface area contributed by atoms with E-state index in [9.17, 15) is 18.0 Å². The van der Waals surface area contributed by atoms with Crippen LogP contribution in [0.4, 0.5) is 10.5 Å². The number of nitrogens with one attached hydrogen (secondary N) is 2. The third-order valence-electron chi connectivity index (χ3n) is 5.82. The molecule has 10 heteroatoms. The maximum Gasteiger partial charge on any atom is 0.411 e. The predicted molar refractivity (Wildman–Crippen MR) is 138 cm³/mol. The van der Waals surface area contributed by atoms with Crippen LogP contribution in [0, 0.1) is 0 Å². The van der Waals surface area contributed by atoms with Gasteiger partial charge in [0, 0.05) is 22.8 Å². The fourth-order valence-corrected chi connectivity index (χ4v) is 4.81. The largest absolute Gasteiger partial charge is 0.444 e. The summed E-state index contributed by atoms with van der Waals surface area (Å²) >= 11 is 6.33. The highest BCUT2D eigenvalue weighted by molar-refractivity contribution is 7.89. The summed E-state index contributed by atoms with van der Waals surface area (Å²) in [6.07, 6.45) is 1.15. The van der Waals surface area contributed by atoms with E-state index in [1.54, 1.807) is 18.2 Å². The predicted octanol–water partition coefficient (Wildman–Crippen LogP) is 4.51. The second-order valence-electron chi connectivity index (χ2n) is 8.78. The number of carbonyl (C=O) groups is 2. The Balaban J connectivity index is 1.47. The molecule has 2 amide bonds. The van der Waals surface area contributed by atoms with Gasteiger partial charge in [-0.15, -0.1) is 0 Å². The van der Waals surface area contributed by atoms with Crippen LogP contribution in [0.15, 0.2) is 66.7 Å². The first-order chi connectivity index (χ1) is 17.1. The van der Waals surface area contributed by atoms with Crippen LogP contribution in [-0.2, 0) is 27.9 Å². The Morgan fingerprint density at radius 1 is 1.00 bits per heavy atom. The Hall–Kier alpha value is -3.40. The second-order valence-corrected chi connectivity index (χ2v) is 11.0. The summed E-state index contributed by atoms with van der Waals surface area (Å²) in [7, 11) is -3.69. The van der Waals surface area contributed by atoms with E-state index in [2.05, 4.69) is 5.32 Å². The highest BCUT2D eigenvalue weighted by Gasteiger charge is 2.40. The SMILES string of the molecule is CS(=O)(=O)NC(=O)c1cc(CN)cc([C@@H]2C[C@H]2c2cc(Cl)cc(NC(=O)OCc3ccccc3)c2)c1. The van der Waals surface area contributed by atoms with Crippen molar-refractivity contribution in [2.75, 3.05) is 11.6 Å². The molecule has 1 aliphatic carbocycles. The number of ether oxygens (including phenoxy) is 1. The molecule has 0 spiro atoms. The second kappa shape index (κ2) is 10.7. The number of sulfonamides is 1. The van der Waals surface area contributed by atoms with E-state index in [0.717, 1.165) is 34.9 Å². The van der Waals surface area contributed by atoms with E-state index in [1.807, 2.05) is 53.3 Å². The van der Waals surface area contributed by atoms with Crippen molar-refractivity contribution in [3.8, 4) is 0 Å². The van der Waals surface area contributed by atoms with Crippen molar-refractivity contribution in [1.82, 2.24) is 4.72 Å². The topological polar surface area (TPSA) is 128 Å². The van der Waals surface area contributed by atoms with Crippen LogP contribution in [0.25, 0.3) is 0 Å². The highest BCUT2D eigenvalue weighted by atomic mass is 35.5. The van der Waals surface area contributed by atoms with Gasteiger partial charge in [0.25, 0.3) is 5.91 Å². The van der Waals surface area contributed by atoms with Crippen molar-refractivity contribution in [3.05, 3.63) is 99.6 Å². The smallest absolute Gasteiger partial charge is 0.411 e. The summed E-state index contributed by atoms with van der Waals surface area (Å²) in [5.74, 6) is -0.490. The number of anilines is 1. The minimum Gasteiger partial charge on any atom is -0.444 e. The van der Waals surface area contributed by atoms with Gasteiger partial charge in [-0.05, 0) is 70.8 Å². The van der Waals surface area contributed by atoms with Crippen molar-refractivity contribution in [2.45, 2.75) is 31.4 Å². The maximum atomic E-state index is 12.4. The van der Waals surface area contributed by atoms with Gasteiger partial charge in [0.1, 0.15) is 6.61 Å². The zero-order valence-electron chi connectivity index (χ0n) is 19.5. The van der Waals surface area contributed by atoms with E-state index in [-0.39, 0.29) is 30.6 Å². The van der Waals surface area contributed by atoms with Gasteiger partial charge in [-0.1, -0.05) is 48.0 Å². The molecule has 0 aliphatic heterocycles. The Morgan fingerprint density at radius 3 is 2.36 bits per heavy atom. The van der Waals surface area contributed by atoms with Crippen LogP contribution in [0.2, 0.25) is 5.02 Å². The molecule has 2 atom stereocenters. The van der Waals surface area contributed by atoms with Crippen molar-refractivity contribution >= 4 is 39.3 Å². The summed E-state index contributed by atoms with van der Waals surface area (Å²) in [6.45, 7) is 0.359. The van der Waals surface area contributed by atoms with Crippen LogP contribution in [0.1, 0.15) is 50.9 Å². The van der Waals surface area contributed by atoms with Crippen LogP contribution in [0.5, 0.6) is 0 Å². The van der Waals surface area contributed by atoms with E-state index < -0.39 is 22.0 Å². The van der Waals surface area contributed by atoms with Crippen molar-refractivity contribution in [3.63, 3.8) is 0 Å². The number of benzene rings is 3. The minimum atomic E-state index is -3.69. The fourth-order valence-electron chi connectivity index (χ4n) is 4.12. The highest BCUT2D eigenvalue weighted by Crippen LogP contribution is 2.55. The molecule has 0 unspecified atom stereocenters. The minimum absolute atomic E-state index is 0.0950.